The van der Waals surface area contributed by atoms with E-state index in [1.165, 1.54) is 0 Å². The van der Waals surface area contributed by atoms with Crippen LogP contribution in [0.15, 0.2) is 12.1 Å². The molecule has 1 saturated carbocycles. The zero-order valence-corrected chi connectivity index (χ0v) is 14.2. The molecule has 0 amide bonds. The van der Waals surface area contributed by atoms with Crippen LogP contribution in [0.25, 0.3) is 0 Å². The zero-order chi connectivity index (χ0) is 16.1. The first-order valence-electron chi connectivity index (χ1n) is 7.67. The van der Waals surface area contributed by atoms with Gasteiger partial charge in [-0.2, -0.15) is 0 Å². The summed E-state index contributed by atoms with van der Waals surface area (Å²) in [6, 6.07) is 3.89. The van der Waals surface area contributed by atoms with Crippen molar-refractivity contribution in [1.82, 2.24) is 25.1 Å². The maximum Gasteiger partial charge on any atom is 0.165 e. The predicted molar refractivity (Wildman–Crippen MR) is 86.5 cm³/mol. The van der Waals surface area contributed by atoms with Crippen LogP contribution in [0.2, 0.25) is 10.0 Å². The van der Waals surface area contributed by atoms with E-state index in [2.05, 4.69) is 20.4 Å². The summed E-state index contributed by atoms with van der Waals surface area (Å²) >= 11 is 12.4. The van der Waals surface area contributed by atoms with Gasteiger partial charge in [0.1, 0.15) is 0 Å². The van der Waals surface area contributed by atoms with Gasteiger partial charge in [-0.05, 0) is 53.6 Å². The molecule has 122 valence electrons. The Morgan fingerprint density at radius 3 is 2.87 bits per heavy atom. The Bertz CT molecular complexity index is 745. The Hall–Kier alpha value is -1.21. The van der Waals surface area contributed by atoms with Gasteiger partial charge in [-0.25, -0.2) is 4.68 Å². The fourth-order valence-corrected chi connectivity index (χ4v) is 3.99. The first kappa shape index (κ1) is 15.3. The van der Waals surface area contributed by atoms with Crippen molar-refractivity contribution in [3.05, 3.63) is 39.1 Å². The second-order valence-corrected chi connectivity index (χ2v) is 7.20. The summed E-state index contributed by atoms with van der Waals surface area (Å²) in [5.74, 6) is 0.823. The molecule has 1 fully saturated rings. The van der Waals surface area contributed by atoms with Crippen LogP contribution in [0.5, 0.6) is 0 Å². The Morgan fingerprint density at radius 1 is 1.35 bits per heavy atom. The summed E-state index contributed by atoms with van der Waals surface area (Å²) in [4.78, 5) is 2.06. The topological polar surface area (TPSA) is 67.1 Å². The van der Waals surface area contributed by atoms with Crippen molar-refractivity contribution in [2.75, 3.05) is 7.05 Å². The Labute approximate surface area is 144 Å². The van der Waals surface area contributed by atoms with E-state index in [1.807, 2.05) is 17.8 Å². The number of hydrogen-bond acceptors (Lipinski definition) is 5. The van der Waals surface area contributed by atoms with Gasteiger partial charge in [0, 0.05) is 16.5 Å². The van der Waals surface area contributed by atoms with E-state index in [-0.39, 0.29) is 6.04 Å². The number of rotatable bonds is 4. The lowest BCUT2D eigenvalue weighted by molar-refractivity contribution is 0.0703. The second kappa shape index (κ2) is 5.70. The number of fused-ring (bicyclic) bond motifs is 1. The Kier molecular flexibility index (Phi) is 3.80. The number of hydrogen-bond donors (Lipinski definition) is 1. The highest BCUT2D eigenvalue weighted by molar-refractivity contribution is 6.35. The predicted octanol–water partition coefficient (Wildman–Crippen LogP) is 2.40. The van der Waals surface area contributed by atoms with Crippen LogP contribution >= 0.6 is 23.2 Å². The van der Waals surface area contributed by atoms with Crippen LogP contribution in [-0.2, 0) is 13.0 Å². The summed E-state index contributed by atoms with van der Waals surface area (Å²) in [6.07, 6.45) is 2.27. The van der Waals surface area contributed by atoms with Crippen molar-refractivity contribution < 1.29 is 5.11 Å². The summed E-state index contributed by atoms with van der Waals surface area (Å²) in [5.41, 5.74) is 1.96. The fraction of sp³-hybridized carbons (Fsp3) is 0.533. The van der Waals surface area contributed by atoms with Gasteiger partial charge in [-0.3, -0.25) is 4.90 Å². The standard InChI is InChI=1S/C15H17Cl2N5O/c1-21(7-14-18-19-20-22(14)9-2-3-9)15-11-4-8(16)5-12(17)10(11)6-13(15)23/h4-5,9,13,15,23H,2-3,6-7H2,1H3/t13-,15-/m0/s1. The van der Waals surface area contributed by atoms with E-state index in [0.717, 1.165) is 29.8 Å². The van der Waals surface area contributed by atoms with E-state index < -0.39 is 6.10 Å². The monoisotopic (exact) mass is 353 g/mol. The molecule has 2 aromatic rings. The Morgan fingerprint density at radius 2 is 2.13 bits per heavy atom. The molecule has 1 aromatic carbocycles. The van der Waals surface area contributed by atoms with E-state index in [4.69, 9.17) is 23.2 Å². The first-order valence-corrected chi connectivity index (χ1v) is 8.43. The van der Waals surface area contributed by atoms with Crippen LogP contribution in [0.1, 0.15) is 41.9 Å². The molecule has 0 bridgehead atoms. The molecule has 4 rings (SSSR count). The average molecular weight is 354 g/mol. The molecular weight excluding hydrogens is 337 g/mol. The lowest BCUT2D eigenvalue weighted by atomic mass is 10.1. The third kappa shape index (κ3) is 2.74. The maximum atomic E-state index is 10.5. The van der Waals surface area contributed by atoms with E-state index in [9.17, 15) is 5.11 Å². The van der Waals surface area contributed by atoms with Crippen LogP contribution in [0.4, 0.5) is 0 Å². The highest BCUT2D eigenvalue weighted by atomic mass is 35.5. The van der Waals surface area contributed by atoms with Crippen molar-refractivity contribution >= 4 is 23.2 Å². The molecule has 0 aliphatic heterocycles. The minimum Gasteiger partial charge on any atom is -0.391 e. The van der Waals surface area contributed by atoms with Crippen molar-refractivity contribution in [3.8, 4) is 0 Å². The lowest BCUT2D eigenvalue weighted by Crippen LogP contribution is -2.31. The number of halogens is 2. The minimum atomic E-state index is -0.517. The number of aliphatic hydroxyl groups excluding tert-OH is 1. The van der Waals surface area contributed by atoms with Gasteiger partial charge >= 0.3 is 0 Å². The first-order chi connectivity index (χ1) is 11.0. The summed E-state index contributed by atoms with van der Waals surface area (Å²) in [7, 11) is 1.96. The van der Waals surface area contributed by atoms with E-state index >= 15 is 0 Å². The molecule has 0 radical (unpaired) electrons. The molecule has 0 saturated heterocycles. The van der Waals surface area contributed by atoms with E-state index in [1.54, 1.807) is 6.07 Å². The molecule has 8 heteroatoms. The number of aromatic nitrogens is 4. The molecule has 1 N–H and O–H groups in total. The van der Waals surface area contributed by atoms with Crippen LogP contribution in [0.3, 0.4) is 0 Å². The molecule has 1 aromatic heterocycles. The van der Waals surface area contributed by atoms with Crippen LogP contribution < -0.4 is 0 Å². The van der Waals surface area contributed by atoms with Gasteiger partial charge in [-0.15, -0.1) is 5.10 Å². The van der Waals surface area contributed by atoms with Gasteiger partial charge in [0.15, 0.2) is 5.82 Å². The van der Waals surface area contributed by atoms with Crippen molar-refractivity contribution in [2.45, 2.75) is 44.0 Å². The van der Waals surface area contributed by atoms with Gasteiger partial charge in [0.25, 0.3) is 0 Å². The molecule has 1 heterocycles. The molecule has 6 nitrogen and oxygen atoms in total. The molecular formula is C15H17Cl2N5O. The third-order valence-electron chi connectivity index (χ3n) is 4.61. The van der Waals surface area contributed by atoms with Crippen molar-refractivity contribution in [1.29, 1.82) is 0 Å². The number of aliphatic hydroxyl groups is 1. The number of benzene rings is 1. The second-order valence-electron chi connectivity index (χ2n) is 6.36. The fourth-order valence-electron chi connectivity index (χ4n) is 3.40. The zero-order valence-electron chi connectivity index (χ0n) is 12.7. The number of nitrogens with zero attached hydrogens (tertiary/aromatic N) is 5. The maximum absolute atomic E-state index is 10.5. The normalized spacial score (nSPS) is 23.5. The molecule has 23 heavy (non-hydrogen) atoms. The number of tetrazole rings is 1. The Balaban J connectivity index is 1.61. The molecule has 2 aliphatic rings. The quantitative estimate of drug-likeness (QED) is 0.913. The van der Waals surface area contributed by atoms with Gasteiger partial charge in [-0.1, -0.05) is 23.2 Å². The van der Waals surface area contributed by atoms with Crippen LogP contribution in [-0.4, -0.2) is 43.4 Å². The molecule has 0 unspecified atom stereocenters. The highest BCUT2D eigenvalue weighted by Crippen LogP contribution is 2.41. The van der Waals surface area contributed by atoms with E-state index in [0.29, 0.717) is 29.1 Å². The van der Waals surface area contributed by atoms with Gasteiger partial charge in [0.2, 0.25) is 0 Å². The molecule has 2 atom stereocenters. The minimum absolute atomic E-state index is 0.162. The average Bonchev–Trinajstić information content (AvgIpc) is 3.13. The highest BCUT2D eigenvalue weighted by Gasteiger charge is 2.37. The van der Waals surface area contributed by atoms with Gasteiger partial charge in [0.05, 0.1) is 24.7 Å². The summed E-state index contributed by atoms with van der Waals surface area (Å²) in [6.45, 7) is 0.564. The lowest BCUT2D eigenvalue weighted by Gasteiger charge is -2.27. The van der Waals surface area contributed by atoms with Gasteiger partial charge < -0.3 is 5.11 Å². The van der Waals surface area contributed by atoms with Crippen molar-refractivity contribution in [2.24, 2.45) is 0 Å². The summed E-state index contributed by atoms with van der Waals surface area (Å²) in [5, 5.41) is 23.7. The van der Waals surface area contributed by atoms with Crippen LogP contribution in [0, 0.1) is 0 Å². The molecule has 0 spiro atoms. The largest absolute Gasteiger partial charge is 0.391 e. The molecule has 2 aliphatic carbocycles. The SMILES string of the molecule is CN(Cc1nnnn1C1CC1)[C@H]1c2cc(Cl)cc(Cl)c2C[C@@H]1O. The smallest absolute Gasteiger partial charge is 0.165 e. The summed E-state index contributed by atoms with van der Waals surface area (Å²) < 4.78 is 1.89. The van der Waals surface area contributed by atoms with Crippen molar-refractivity contribution in [3.63, 3.8) is 0 Å². The third-order valence-corrected chi connectivity index (χ3v) is 5.17. The number of likely N-dealkylation sites (N-methyl/N-ethyl adjacent to an activating group) is 1.